The second-order valence-electron chi connectivity index (χ2n) is 2.95. The number of halogens is 9. The van der Waals surface area contributed by atoms with E-state index in [1.54, 1.807) is 0 Å². The van der Waals surface area contributed by atoms with E-state index in [1.807, 2.05) is 0 Å². The molecule has 0 saturated carbocycles. The summed E-state index contributed by atoms with van der Waals surface area (Å²) in [5.41, 5.74) is -6.17. The summed E-state index contributed by atoms with van der Waals surface area (Å²) in [4.78, 5) is 9.80. The van der Waals surface area contributed by atoms with Gasteiger partial charge in [0.1, 0.15) is 0 Å². The lowest BCUT2D eigenvalue weighted by molar-refractivity contribution is -0.369. The van der Waals surface area contributed by atoms with Crippen LogP contribution in [0.3, 0.4) is 0 Å². The van der Waals surface area contributed by atoms with Crippen molar-refractivity contribution in [1.29, 1.82) is 0 Å². The first-order valence-electron chi connectivity index (χ1n) is 3.79. The van der Waals surface area contributed by atoms with Gasteiger partial charge in [-0.2, -0.15) is 35.1 Å². The molecule has 11 heteroatoms. The molecular weight excluding hydrogens is 287 g/mol. The molecule has 0 bridgehead atoms. The Labute approximate surface area is 92.7 Å². The predicted molar refractivity (Wildman–Crippen MR) is 37.7 cm³/mol. The van der Waals surface area contributed by atoms with Crippen molar-refractivity contribution in [3.05, 3.63) is 12.2 Å². The van der Waals surface area contributed by atoms with Crippen molar-refractivity contribution in [2.75, 3.05) is 0 Å². The molecule has 0 unspecified atom stereocenters. The zero-order valence-corrected chi connectivity index (χ0v) is 7.91. The zero-order chi connectivity index (χ0) is 15.0. The monoisotopic (exact) mass is 290 g/mol. The molecule has 0 rings (SSSR count). The maximum absolute atomic E-state index is 13.0. The van der Waals surface area contributed by atoms with Crippen molar-refractivity contribution in [3.63, 3.8) is 0 Å². The minimum Gasteiger partial charge on any atom is -0.478 e. The molecule has 18 heavy (non-hydrogen) atoms. The van der Waals surface area contributed by atoms with Gasteiger partial charge in [-0.15, -0.1) is 0 Å². The highest BCUT2D eigenvalue weighted by atomic mass is 19.4. The quantitative estimate of drug-likeness (QED) is 0.640. The van der Waals surface area contributed by atoms with Crippen LogP contribution in [0.25, 0.3) is 0 Å². The first kappa shape index (κ1) is 16.6. The van der Waals surface area contributed by atoms with Crippen molar-refractivity contribution in [3.8, 4) is 0 Å². The number of carboxylic acid groups (broad SMARTS) is 1. The van der Waals surface area contributed by atoms with Gasteiger partial charge >= 0.3 is 24.2 Å². The Balaban J connectivity index is 5.88. The molecule has 0 fully saturated rings. The molecule has 2 nitrogen and oxygen atoms in total. The fraction of sp³-hybridized carbons (Fsp3) is 0.571. The Hall–Kier alpha value is -1.42. The summed E-state index contributed by atoms with van der Waals surface area (Å²) < 4.78 is 109. The van der Waals surface area contributed by atoms with E-state index in [4.69, 9.17) is 5.11 Å². The lowest BCUT2D eigenvalue weighted by Crippen LogP contribution is -2.61. The van der Waals surface area contributed by atoms with E-state index in [0.717, 1.165) is 0 Å². The summed E-state index contributed by atoms with van der Waals surface area (Å²) in [6, 6.07) is 0. The number of allylic oxidation sites excluding steroid dienone is 1. The third-order valence-electron chi connectivity index (χ3n) is 1.68. The Kier molecular flexibility index (Phi) is 4.01. The van der Waals surface area contributed by atoms with Gasteiger partial charge in [0, 0.05) is 6.08 Å². The molecule has 0 radical (unpaired) electrons. The molecule has 0 amide bonds. The van der Waals surface area contributed by atoms with Crippen LogP contribution in [-0.4, -0.2) is 35.0 Å². The normalized spacial score (nSPS) is 17.8. The summed E-state index contributed by atoms with van der Waals surface area (Å²) in [7, 11) is 0. The van der Waals surface area contributed by atoms with Crippen LogP contribution in [0.5, 0.6) is 0 Å². The van der Waals surface area contributed by atoms with E-state index in [1.165, 1.54) is 0 Å². The maximum atomic E-state index is 13.0. The lowest BCUT2D eigenvalue weighted by atomic mass is 9.95. The molecule has 0 spiro atoms. The highest BCUT2D eigenvalue weighted by Crippen LogP contribution is 2.53. The smallest absolute Gasteiger partial charge is 0.457 e. The number of carboxylic acids is 1. The topological polar surface area (TPSA) is 37.3 Å². The van der Waals surface area contributed by atoms with Crippen LogP contribution in [0, 0.1) is 0 Å². The first-order valence-corrected chi connectivity index (χ1v) is 3.79. The Morgan fingerprint density at radius 2 is 1.22 bits per heavy atom. The van der Waals surface area contributed by atoms with Crippen LogP contribution < -0.4 is 0 Å². The van der Waals surface area contributed by atoms with Crippen molar-refractivity contribution >= 4 is 5.97 Å². The molecule has 0 aromatic rings. The second-order valence-corrected chi connectivity index (χ2v) is 2.95. The van der Waals surface area contributed by atoms with E-state index < -0.39 is 42.1 Å². The van der Waals surface area contributed by atoms with E-state index in [-0.39, 0.29) is 0 Å². The van der Waals surface area contributed by atoms with Gasteiger partial charge < -0.3 is 5.11 Å². The minimum atomic E-state index is -6.85. The molecule has 0 aromatic heterocycles. The van der Waals surface area contributed by atoms with Gasteiger partial charge in [0.15, 0.2) is 0 Å². The standard InChI is InChI=1S/C7H3F9O2/c8-4(6(11,12)13,2-1-3(17)18)5(9,10)7(14,15)16/h1-2H,(H,17,18)/b2-1+/t4-/m0/s1. The molecule has 0 heterocycles. The van der Waals surface area contributed by atoms with Crippen LogP contribution in [0.1, 0.15) is 0 Å². The highest BCUT2D eigenvalue weighted by molar-refractivity contribution is 5.80. The zero-order valence-electron chi connectivity index (χ0n) is 7.91. The summed E-state index contributed by atoms with van der Waals surface area (Å²) in [5.74, 6) is -9.15. The number of hydrogen-bond donors (Lipinski definition) is 1. The number of rotatable bonds is 3. The molecule has 106 valence electrons. The van der Waals surface area contributed by atoms with Crippen molar-refractivity contribution in [1.82, 2.24) is 0 Å². The summed E-state index contributed by atoms with van der Waals surface area (Å²) in [5, 5.41) is 7.86. The Morgan fingerprint density at radius 1 is 0.833 bits per heavy atom. The molecule has 0 aliphatic heterocycles. The van der Waals surface area contributed by atoms with E-state index in [9.17, 15) is 44.3 Å². The molecule has 1 N–H and O–H groups in total. The van der Waals surface area contributed by atoms with E-state index >= 15 is 0 Å². The average molecular weight is 290 g/mol. The fourth-order valence-corrected chi connectivity index (χ4v) is 0.770. The van der Waals surface area contributed by atoms with Gasteiger partial charge in [-0.3, -0.25) is 0 Å². The number of hydrogen-bond acceptors (Lipinski definition) is 1. The van der Waals surface area contributed by atoms with Crippen molar-refractivity contribution in [2.24, 2.45) is 0 Å². The fourth-order valence-electron chi connectivity index (χ4n) is 0.770. The molecule has 1 atom stereocenters. The number of alkyl halides is 9. The second kappa shape index (κ2) is 4.35. The van der Waals surface area contributed by atoms with Crippen molar-refractivity contribution < 1.29 is 49.4 Å². The van der Waals surface area contributed by atoms with Gasteiger partial charge in [-0.05, 0) is 6.08 Å². The summed E-state index contributed by atoms with van der Waals surface area (Å²) >= 11 is 0. The third-order valence-corrected chi connectivity index (χ3v) is 1.68. The molecule has 0 aliphatic carbocycles. The van der Waals surface area contributed by atoms with Crippen LogP contribution >= 0.6 is 0 Å². The Bertz CT molecular complexity index is 353. The molecule has 0 saturated heterocycles. The maximum Gasteiger partial charge on any atom is 0.457 e. The van der Waals surface area contributed by atoms with Gasteiger partial charge in [0.05, 0.1) is 0 Å². The molecule has 0 aromatic carbocycles. The number of aliphatic carboxylic acids is 1. The van der Waals surface area contributed by atoms with Crippen LogP contribution in [0.4, 0.5) is 39.5 Å². The van der Waals surface area contributed by atoms with Gasteiger partial charge in [0.25, 0.3) is 5.67 Å². The average Bonchev–Trinajstić information content (AvgIpc) is 2.09. The van der Waals surface area contributed by atoms with Crippen LogP contribution in [0.2, 0.25) is 0 Å². The lowest BCUT2D eigenvalue weighted by Gasteiger charge is -2.33. The van der Waals surface area contributed by atoms with E-state index in [2.05, 4.69) is 0 Å². The first-order chi connectivity index (χ1) is 7.67. The molecule has 0 aliphatic rings. The van der Waals surface area contributed by atoms with Crippen molar-refractivity contribution in [2.45, 2.75) is 23.9 Å². The summed E-state index contributed by atoms with van der Waals surface area (Å²) in [6.45, 7) is 0. The summed E-state index contributed by atoms with van der Waals surface area (Å²) in [6.07, 6.45) is -15.7. The van der Waals surface area contributed by atoms with Crippen LogP contribution in [0.15, 0.2) is 12.2 Å². The van der Waals surface area contributed by atoms with Gasteiger partial charge in [-0.25, -0.2) is 9.18 Å². The van der Waals surface area contributed by atoms with E-state index in [0.29, 0.717) is 0 Å². The highest BCUT2D eigenvalue weighted by Gasteiger charge is 2.80. The van der Waals surface area contributed by atoms with Crippen LogP contribution in [-0.2, 0) is 4.79 Å². The van der Waals surface area contributed by atoms with Gasteiger partial charge in [-0.1, -0.05) is 0 Å². The minimum absolute atomic E-state index is 0.785. The molecular formula is C7H3F9O2. The Morgan fingerprint density at radius 3 is 1.44 bits per heavy atom. The van der Waals surface area contributed by atoms with Gasteiger partial charge in [0.2, 0.25) is 0 Å². The SMILES string of the molecule is O=C(O)/C=C/[C@@](F)(C(F)(F)F)C(F)(F)C(F)(F)F. The largest absolute Gasteiger partial charge is 0.478 e. The predicted octanol–water partition coefficient (Wildman–Crippen LogP) is 3.10. The number of carbonyl (C=O) groups is 1. The third kappa shape index (κ3) is 2.70.